The van der Waals surface area contributed by atoms with Crippen LogP contribution in [0.25, 0.3) is 0 Å². The number of carbonyl (C=O) groups is 1. The zero-order valence-electron chi connectivity index (χ0n) is 15.2. The van der Waals surface area contributed by atoms with Crippen LogP contribution in [-0.2, 0) is 17.9 Å². The Kier molecular flexibility index (Phi) is 6.53. The third-order valence-corrected chi connectivity index (χ3v) is 5.56. The maximum absolute atomic E-state index is 11.9. The van der Waals surface area contributed by atoms with E-state index >= 15 is 0 Å². The van der Waals surface area contributed by atoms with Crippen LogP contribution < -0.4 is 4.74 Å². The highest BCUT2D eigenvalue weighted by molar-refractivity contribution is 6.42. The molecule has 2 aromatic rings. The van der Waals surface area contributed by atoms with Crippen molar-refractivity contribution >= 4 is 40.7 Å². The topological polar surface area (TPSA) is 32.8 Å². The Hall–Kier alpha value is -1.46. The normalized spacial score (nSPS) is 14.7. The molecule has 0 saturated carbocycles. The fourth-order valence-corrected chi connectivity index (χ4v) is 3.61. The second kappa shape index (κ2) is 8.70. The Balaban J connectivity index is 1.53. The van der Waals surface area contributed by atoms with Crippen molar-refractivity contribution in [2.24, 2.45) is 5.92 Å². The van der Waals surface area contributed by atoms with Crippen LogP contribution in [0, 0.1) is 5.92 Å². The molecule has 1 fully saturated rings. The molecule has 1 aliphatic heterocycles. The smallest absolute Gasteiger partial charge is 0.227 e. The van der Waals surface area contributed by atoms with Gasteiger partial charge in [0, 0.05) is 33.7 Å². The van der Waals surface area contributed by atoms with E-state index in [0.29, 0.717) is 27.4 Å². The highest BCUT2D eigenvalue weighted by Gasteiger charge is 2.33. The molecule has 0 bridgehead atoms. The lowest BCUT2D eigenvalue weighted by Crippen LogP contribution is -2.52. The molecule has 0 aliphatic carbocycles. The summed E-state index contributed by atoms with van der Waals surface area (Å²) in [6.45, 7) is 2.69. The molecular weight excluding hydrogens is 407 g/mol. The van der Waals surface area contributed by atoms with E-state index in [0.717, 1.165) is 30.8 Å². The number of hydrogen-bond acceptors (Lipinski definition) is 3. The second-order valence-electron chi connectivity index (χ2n) is 6.93. The van der Waals surface area contributed by atoms with E-state index in [1.54, 1.807) is 31.1 Å². The molecule has 2 aromatic carbocycles. The third-order valence-electron chi connectivity index (χ3n) is 4.53. The molecule has 7 heteroatoms. The van der Waals surface area contributed by atoms with Gasteiger partial charge in [-0.15, -0.1) is 0 Å². The lowest BCUT2D eigenvalue weighted by Gasteiger charge is -2.39. The van der Waals surface area contributed by atoms with Gasteiger partial charge in [-0.05, 0) is 35.4 Å². The molecule has 0 atom stereocenters. The summed E-state index contributed by atoms with van der Waals surface area (Å²) in [5.74, 6) is 0.912. The Morgan fingerprint density at radius 1 is 1.04 bits per heavy atom. The van der Waals surface area contributed by atoms with E-state index in [9.17, 15) is 4.79 Å². The van der Waals surface area contributed by atoms with Crippen molar-refractivity contribution in [1.29, 1.82) is 0 Å². The van der Waals surface area contributed by atoms with E-state index in [1.807, 2.05) is 24.3 Å². The van der Waals surface area contributed by atoms with Gasteiger partial charge in [0.15, 0.2) is 0 Å². The van der Waals surface area contributed by atoms with Crippen molar-refractivity contribution in [2.75, 3.05) is 27.2 Å². The maximum Gasteiger partial charge on any atom is 0.227 e. The maximum atomic E-state index is 11.9. The van der Waals surface area contributed by atoms with Crippen LogP contribution in [-0.4, -0.2) is 42.9 Å². The summed E-state index contributed by atoms with van der Waals surface area (Å²) < 4.78 is 5.80. The third kappa shape index (κ3) is 5.08. The zero-order chi connectivity index (χ0) is 19.6. The minimum absolute atomic E-state index is 0.101. The van der Waals surface area contributed by atoms with Crippen molar-refractivity contribution < 1.29 is 9.53 Å². The monoisotopic (exact) mass is 426 g/mol. The summed E-state index contributed by atoms with van der Waals surface area (Å²) in [7, 11) is 3.59. The molecule has 0 spiro atoms. The zero-order valence-corrected chi connectivity index (χ0v) is 17.5. The first-order valence-electron chi connectivity index (χ1n) is 8.62. The van der Waals surface area contributed by atoms with E-state index in [1.165, 1.54) is 0 Å². The largest absolute Gasteiger partial charge is 0.487 e. The lowest BCUT2D eigenvalue weighted by atomic mass is 9.98. The first-order chi connectivity index (χ1) is 12.8. The van der Waals surface area contributed by atoms with Crippen LogP contribution in [0.15, 0.2) is 36.4 Å². The van der Waals surface area contributed by atoms with Gasteiger partial charge in [-0.1, -0.05) is 46.9 Å². The number of nitrogens with zero attached hydrogens (tertiary/aromatic N) is 2. The van der Waals surface area contributed by atoms with Crippen LogP contribution in [0.5, 0.6) is 5.75 Å². The lowest BCUT2D eigenvalue weighted by molar-refractivity contribution is -0.138. The first kappa shape index (κ1) is 20.3. The molecule has 1 saturated heterocycles. The fraction of sp³-hybridized carbons (Fsp3) is 0.350. The fourth-order valence-electron chi connectivity index (χ4n) is 3.03. The van der Waals surface area contributed by atoms with Gasteiger partial charge in [0.2, 0.25) is 5.91 Å². The van der Waals surface area contributed by atoms with E-state index < -0.39 is 0 Å². The number of hydrogen-bond donors (Lipinski definition) is 0. The Labute approximate surface area is 174 Å². The second-order valence-corrected chi connectivity index (χ2v) is 8.15. The molecule has 1 aliphatic rings. The number of ether oxygens (including phenoxy) is 1. The minimum atomic E-state index is 0.101. The van der Waals surface area contributed by atoms with Crippen LogP contribution in [0.1, 0.15) is 11.1 Å². The molecular formula is C20H21Cl3N2O2. The number of likely N-dealkylation sites (tertiary alicyclic amines) is 1. The van der Waals surface area contributed by atoms with Gasteiger partial charge in [-0.2, -0.15) is 0 Å². The molecule has 0 N–H and O–H groups in total. The number of amides is 1. The Bertz CT molecular complexity index is 836. The predicted molar refractivity (Wildman–Crippen MR) is 110 cm³/mol. The summed E-state index contributed by atoms with van der Waals surface area (Å²) in [6, 6.07) is 11.2. The summed E-state index contributed by atoms with van der Waals surface area (Å²) in [5.41, 5.74) is 2.01. The number of rotatable bonds is 6. The van der Waals surface area contributed by atoms with Gasteiger partial charge in [0.1, 0.15) is 12.4 Å². The Morgan fingerprint density at radius 2 is 1.70 bits per heavy atom. The molecule has 0 unspecified atom stereocenters. The van der Waals surface area contributed by atoms with Crippen molar-refractivity contribution in [3.63, 3.8) is 0 Å². The minimum Gasteiger partial charge on any atom is -0.487 e. The number of benzene rings is 2. The van der Waals surface area contributed by atoms with Crippen LogP contribution in [0.3, 0.4) is 0 Å². The SMILES string of the molecule is CN(C)C(=O)C1CN(Cc2ccc(OCc3ccc(Cl)c(Cl)c3)c(Cl)c2)C1. The standard InChI is InChI=1S/C20H21Cl3N2O2/c1-24(2)20(26)15-10-25(11-15)9-13-4-6-19(18(23)7-13)27-12-14-3-5-16(21)17(22)8-14/h3-8,15H,9-12H2,1-2H3. The summed E-state index contributed by atoms with van der Waals surface area (Å²) in [5, 5.41) is 1.58. The van der Waals surface area contributed by atoms with Crippen molar-refractivity contribution in [3.05, 3.63) is 62.6 Å². The molecule has 4 nitrogen and oxygen atoms in total. The van der Waals surface area contributed by atoms with Gasteiger partial charge < -0.3 is 9.64 Å². The van der Waals surface area contributed by atoms with E-state index in [4.69, 9.17) is 39.5 Å². The Morgan fingerprint density at radius 3 is 2.33 bits per heavy atom. The molecule has 1 heterocycles. The molecule has 0 aromatic heterocycles. The van der Waals surface area contributed by atoms with Crippen LogP contribution in [0.4, 0.5) is 0 Å². The average molecular weight is 428 g/mol. The first-order valence-corrected chi connectivity index (χ1v) is 9.75. The van der Waals surface area contributed by atoms with Gasteiger partial charge in [-0.3, -0.25) is 9.69 Å². The highest BCUT2D eigenvalue weighted by atomic mass is 35.5. The van der Waals surface area contributed by atoms with Crippen LogP contribution in [0.2, 0.25) is 15.1 Å². The summed E-state index contributed by atoms with van der Waals surface area (Å²) >= 11 is 18.3. The highest BCUT2D eigenvalue weighted by Crippen LogP contribution is 2.29. The summed E-state index contributed by atoms with van der Waals surface area (Å²) in [6.07, 6.45) is 0. The number of carbonyl (C=O) groups excluding carboxylic acids is 1. The molecule has 0 radical (unpaired) electrons. The molecule has 144 valence electrons. The molecule has 27 heavy (non-hydrogen) atoms. The van der Waals surface area contributed by atoms with Crippen molar-refractivity contribution in [2.45, 2.75) is 13.2 Å². The van der Waals surface area contributed by atoms with Crippen LogP contribution >= 0.6 is 34.8 Å². The average Bonchev–Trinajstić information content (AvgIpc) is 2.59. The predicted octanol–water partition coefficient (Wildman–Crippen LogP) is 4.75. The summed E-state index contributed by atoms with van der Waals surface area (Å²) in [4.78, 5) is 15.8. The van der Waals surface area contributed by atoms with Gasteiger partial charge >= 0.3 is 0 Å². The quantitative estimate of drug-likeness (QED) is 0.667. The molecule has 1 amide bonds. The number of halogens is 3. The van der Waals surface area contributed by atoms with E-state index in [-0.39, 0.29) is 11.8 Å². The van der Waals surface area contributed by atoms with E-state index in [2.05, 4.69) is 4.90 Å². The van der Waals surface area contributed by atoms with Crippen molar-refractivity contribution in [3.8, 4) is 5.75 Å². The van der Waals surface area contributed by atoms with Gasteiger partial charge in [0.25, 0.3) is 0 Å². The molecule has 3 rings (SSSR count). The van der Waals surface area contributed by atoms with Gasteiger partial charge in [0.05, 0.1) is 21.0 Å². The van der Waals surface area contributed by atoms with Gasteiger partial charge in [-0.25, -0.2) is 0 Å². The van der Waals surface area contributed by atoms with Crippen molar-refractivity contribution in [1.82, 2.24) is 9.80 Å².